The standard InChI is InChI=1S/C13H14N4OS2/c1-2-18-9-3-4-10-11(5-9)17-13(16-10)20-7-8-6-19-12(14)15-8/h3-6H,2,7H2,1H3,(H2,14,15)(H,16,17). The quantitative estimate of drug-likeness (QED) is 0.707. The van der Waals surface area contributed by atoms with Crippen molar-refractivity contribution in [3.63, 3.8) is 0 Å². The molecule has 0 saturated heterocycles. The fraction of sp³-hybridized carbons (Fsp3) is 0.231. The summed E-state index contributed by atoms with van der Waals surface area (Å²) < 4.78 is 5.48. The fourth-order valence-corrected chi connectivity index (χ4v) is 3.27. The van der Waals surface area contributed by atoms with Crippen LogP contribution in [0.5, 0.6) is 5.75 Å². The normalized spacial score (nSPS) is 11.1. The smallest absolute Gasteiger partial charge is 0.180 e. The molecule has 0 saturated carbocycles. The zero-order valence-electron chi connectivity index (χ0n) is 10.9. The van der Waals surface area contributed by atoms with Crippen LogP contribution in [0.2, 0.25) is 0 Å². The van der Waals surface area contributed by atoms with E-state index in [0.29, 0.717) is 11.7 Å². The molecule has 3 rings (SSSR count). The maximum atomic E-state index is 5.61. The Balaban J connectivity index is 1.75. The number of rotatable bonds is 5. The average molecular weight is 306 g/mol. The van der Waals surface area contributed by atoms with Crippen molar-refractivity contribution in [1.29, 1.82) is 0 Å². The lowest BCUT2D eigenvalue weighted by Gasteiger charge is -2.00. The number of fused-ring (bicyclic) bond motifs is 1. The molecule has 0 aliphatic rings. The van der Waals surface area contributed by atoms with E-state index in [4.69, 9.17) is 10.5 Å². The van der Waals surface area contributed by atoms with Crippen molar-refractivity contribution in [3.8, 4) is 5.75 Å². The van der Waals surface area contributed by atoms with Crippen molar-refractivity contribution >= 4 is 39.3 Å². The van der Waals surface area contributed by atoms with E-state index < -0.39 is 0 Å². The van der Waals surface area contributed by atoms with E-state index in [2.05, 4.69) is 15.0 Å². The molecule has 0 bridgehead atoms. The third-order valence-corrected chi connectivity index (χ3v) is 4.30. The fourth-order valence-electron chi connectivity index (χ4n) is 1.82. The highest BCUT2D eigenvalue weighted by molar-refractivity contribution is 7.98. The lowest BCUT2D eigenvalue weighted by atomic mass is 10.3. The number of nitrogens with one attached hydrogen (secondary N) is 1. The van der Waals surface area contributed by atoms with E-state index in [9.17, 15) is 0 Å². The van der Waals surface area contributed by atoms with Gasteiger partial charge in [-0.3, -0.25) is 0 Å². The van der Waals surface area contributed by atoms with Crippen LogP contribution in [0.1, 0.15) is 12.6 Å². The van der Waals surface area contributed by atoms with Crippen molar-refractivity contribution in [2.75, 3.05) is 12.3 Å². The Hall–Kier alpha value is -1.73. The predicted molar refractivity (Wildman–Crippen MR) is 83.4 cm³/mol. The molecule has 20 heavy (non-hydrogen) atoms. The molecule has 2 aromatic heterocycles. The Morgan fingerprint density at radius 2 is 2.30 bits per heavy atom. The molecule has 0 radical (unpaired) electrons. The lowest BCUT2D eigenvalue weighted by molar-refractivity contribution is 0.340. The van der Waals surface area contributed by atoms with Gasteiger partial charge in [0, 0.05) is 17.2 Å². The largest absolute Gasteiger partial charge is 0.494 e. The van der Waals surface area contributed by atoms with Gasteiger partial charge in [-0.25, -0.2) is 9.97 Å². The Labute approximate surface area is 124 Å². The number of benzene rings is 1. The minimum Gasteiger partial charge on any atom is -0.494 e. The van der Waals surface area contributed by atoms with Crippen LogP contribution in [0.4, 0.5) is 5.13 Å². The van der Waals surface area contributed by atoms with Crippen molar-refractivity contribution in [1.82, 2.24) is 15.0 Å². The second-order valence-electron chi connectivity index (χ2n) is 4.12. The van der Waals surface area contributed by atoms with E-state index in [1.165, 1.54) is 11.3 Å². The Kier molecular flexibility index (Phi) is 3.79. The Morgan fingerprint density at radius 3 is 3.05 bits per heavy atom. The van der Waals surface area contributed by atoms with E-state index in [1.807, 2.05) is 30.5 Å². The van der Waals surface area contributed by atoms with Crippen LogP contribution in [0, 0.1) is 0 Å². The van der Waals surface area contributed by atoms with Gasteiger partial charge in [0.05, 0.1) is 23.3 Å². The van der Waals surface area contributed by atoms with Gasteiger partial charge in [-0.05, 0) is 19.1 Å². The minimum atomic E-state index is 0.603. The summed E-state index contributed by atoms with van der Waals surface area (Å²) in [5.41, 5.74) is 8.52. The van der Waals surface area contributed by atoms with Crippen molar-refractivity contribution in [2.24, 2.45) is 0 Å². The van der Waals surface area contributed by atoms with Gasteiger partial charge >= 0.3 is 0 Å². The third kappa shape index (κ3) is 2.88. The molecule has 104 valence electrons. The number of nitrogens with two attached hydrogens (primary N) is 1. The van der Waals surface area contributed by atoms with Gasteiger partial charge < -0.3 is 15.5 Å². The summed E-state index contributed by atoms with van der Waals surface area (Å²) in [7, 11) is 0. The SMILES string of the molecule is CCOc1ccc2nc(SCc3csc(N)n3)[nH]c2c1. The van der Waals surface area contributed by atoms with Crippen LogP contribution in [-0.4, -0.2) is 21.6 Å². The van der Waals surface area contributed by atoms with E-state index in [0.717, 1.165) is 33.4 Å². The number of imidazole rings is 1. The van der Waals surface area contributed by atoms with Gasteiger partial charge in [0.1, 0.15) is 5.75 Å². The van der Waals surface area contributed by atoms with Crippen LogP contribution in [0.3, 0.4) is 0 Å². The number of nitrogens with zero attached hydrogens (tertiary/aromatic N) is 2. The number of aromatic nitrogens is 3. The highest BCUT2D eigenvalue weighted by Gasteiger charge is 2.06. The summed E-state index contributed by atoms with van der Waals surface area (Å²) in [4.78, 5) is 12.1. The maximum Gasteiger partial charge on any atom is 0.180 e. The van der Waals surface area contributed by atoms with Crippen molar-refractivity contribution in [2.45, 2.75) is 17.8 Å². The number of H-pyrrole nitrogens is 1. The zero-order chi connectivity index (χ0) is 13.9. The molecule has 0 aliphatic heterocycles. The van der Waals surface area contributed by atoms with Crippen LogP contribution < -0.4 is 10.5 Å². The molecule has 5 nitrogen and oxygen atoms in total. The van der Waals surface area contributed by atoms with Crippen LogP contribution in [0.25, 0.3) is 11.0 Å². The van der Waals surface area contributed by atoms with Gasteiger partial charge in [0.15, 0.2) is 10.3 Å². The third-order valence-electron chi connectivity index (χ3n) is 2.67. The first-order valence-corrected chi connectivity index (χ1v) is 8.06. The van der Waals surface area contributed by atoms with Crippen LogP contribution in [0.15, 0.2) is 28.7 Å². The monoisotopic (exact) mass is 306 g/mol. The predicted octanol–water partition coefficient (Wildman–Crippen LogP) is 3.29. The van der Waals surface area contributed by atoms with Gasteiger partial charge in [-0.15, -0.1) is 11.3 Å². The molecule has 0 aliphatic carbocycles. The molecule has 1 aromatic carbocycles. The van der Waals surface area contributed by atoms with Gasteiger partial charge in [0.25, 0.3) is 0 Å². The molecule has 0 amide bonds. The van der Waals surface area contributed by atoms with E-state index in [1.54, 1.807) is 11.8 Å². The summed E-state index contributed by atoms with van der Waals surface area (Å²) in [5, 5.41) is 3.45. The first-order valence-electron chi connectivity index (χ1n) is 6.20. The molecule has 0 fully saturated rings. The molecular formula is C13H14N4OS2. The molecule has 0 atom stereocenters. The van der Waals surface area contributed by atoms with Gasteiger partial charge in [-0.1, -0.05) is 11.8 Å². The number of hydrogen-bond donors (Lipinski definition) is 2. The number of thiazole rings is 1. The topological polar surface area (TPSA) is 76.8 Å². The zero-order valence-corrected chi connectivity index (χ0v) is 12.6. The molecule has 2 heterocycles. The number of hydrogen-bond acceptors (Lipinski definition) is 6. The Bertz CT molecular complexity index is 722. The number of nitrogen functional groups attached to an aromatic ring is 1. The molecule has 7 heteroatoms. The number of anilines is 1. The lowest BCUT2D eigenvalue weighted by Crippen LogP contribution is -1.90. The van der Waals surface area contributed by atoms with E-state index >= 15 is 0 Å². The highest BCUT2D eigenvalue weighted by Crippen LogP contribution is 2.26. The molecule has 0 spiro atoms. The number of aromatic amines is 1. The molecular weight excluding hydrogens is 292 g/mol. The van der Waals surface area contributed by atoms with Gasteiger partial charge in [0.2, 0.25) is 0 Å². The van der Waals surface area contributed by atoms with Crippen LogP contribution in [-0.2, 0) is 5.75 Å². The highest BCUT2D eigenvalue weighted by atomic mass is 32.2. The number of ether oxygens (including phenoxy) is 1. The van der Waals surface area contributed by atoms with Crippen LogP contribution >= 0.6 is 23.1 Å². The average Bonchev–Trinajstić information content (AvgIpc) is 3.02. The summed E-state index contributed by atoms with van der Waals surface area (Å²) in [6.45, 7) is 2.63. The number of thioether (sulfide) groups is 1. The summed E-state index contributed by atoms with van der Waals surface area (Å²) in [6.07, 6.45) is 0. The molecule has 0 unspecified atom stereocenters. The summed E-state index contributed by atoms with van der Waals surface area (Å²) >= 11 is 3.07. The molecule has 3 aromatic rings. The first-order chi connectivity index (χ1) is 9.74. The van der Waals surface area contributed by atoms with Crippen molar-refractivity contribution in [3.05, 3.63) is 29.3 Å². The maximum absolute atomic E-state index is 5.61. The molecule has 3 N–H and O–H groups in total. The first kappa shape index (κ1) is 13.3. The Morgan fingerprint density at radius 1 is 1.40 bits per heavy atom. The van der Waals surface area contributed by atoms with E-state index in [-0.39, 0.29) is 0 Å². The summed E-state index contributed by atoms with van der Waals surface area (Å²) in [5.74, 6) is 1.61. The summed E-state index contributed by atoms with van der Waals surface area (Å²) in [6, 6.07) is 5.86. The minimum absolute atomic E-state index is 0.603. The van der Waals surface area contributed by atoms with Crippen molar-refractivity contribution < 1.29 is 4.74 Å². The van der Waals surface area contributed by atoms with Gasteiger partial charge in [-0.2, -0.15) is 0 Å². The second-order valence-corrected chi connectivity index (χ2v) is 5.97. The second kappa shape index (κ2) is 5.72.